The summed E-state index contributed by atoms with van der Waals surface area (Å²) < 4.78 is 12.4. The number of fused-ring (bicyclic) bond motifs is 4. The molecule has 0 radical (unpaired) electrons. The number of benzene rings is 3. The van der Waals surface area contributed by atoms with Crippen LogP contribution in [0.4, 0.5) is 0 Å². The van der Waals surface area contributed by atoms with Crippen LogP contribution < -0.4 is 5.46 Å². The molecule has 1 aliphatic rings. The molecule has 4 heteroatoms. The van der Waals surface area contributed by atoms with E-state index in [4.69, 9.17) is 9.31 Å². The average molecular weight is 343 g/mol. The Morgan fingerprint density at radius 2 is 1.46 bits per heavy atom. The van der Waals surface area contributed by atoms with Crippen molar-refractivity contribution < 1.29 is 9.31 Å². The van der Waals surface area contributed by atoms with Crippen molar-refractivity contribution in [3.8, 4) is 0 Å². The smallest absolute Gasteiger partial charge is 0.399 e. The van der Waals surface area contributed by atoms with Crippen molar-refractivity contribution in [3.63, 3.8) is 0 Å². The van der Waals surface area contributed by atoms with Gasteiger partial charge in [-0.15, -0.1) is 0 Å². The number of aromatic amines is 1. The van der Waals surface area contributed by atoms with Gasteiger partial charge in [0, 0.05) is 21.8 Å². The van der Waals surface area contributed by atoms with Crippen molar-refractivity contribution in [2.75, 3.05) is 0 Å². The van der Waals surface area contributed by atoms with Crippen molar-refractivity contribution in [3.05, 3.63) is 54.6 Å². The summed E-state index contributed by atoms with van der Waals surface area (Å²) in [5, 5.41) is 4.92. The van der Waals surface area contributed by atoms with Crippen LogP contribution in [0.3, 0.4) is 0 Å². The van der Waals surface area contributed by atoms with Gasteiger partial charge in [-0.3, -0.25) is 0 Å². The molecule has 1 saturated heterocycles. The summed E-state index contributed by atoms with van der Waals surface area (Å²) in [6, 6.07) is 19.4. The fourth-order valence-electron chi connectivity index (χ4n) is 3.74. The fraction of sp³-hybridized carbons (Fsp3) is 0.273. The summed E-state index contributed by atoms with van der Waals surface area (Å²) in [5.74, 6) is 0. The van der Waals surface area contributed by atoms with Crippen LogP contribution in [0, 0.1) is 0 Å². The molecule has 3 aromatic carbocycles. The molecular formula is C22H22BNO2. The van der Waals surface area contributed by atoms with Gasteiger partial charge in [-0.1, -0.05) is 36.4 Å². The third kappa shape index (κ3) is 2.22. The molecule has 1 fully saturated rings. The highest BCUT2D eigenvalue weighted by Crippen LogP contribution is 2.37. The predicted molar refractivity (Wildman–Crippen MR) is 109 cm³/mol. The van der Waals surface area contributed by atoms with E-state index in [2.05, 4.69) is 87.3 Å². The van der Waals surface area contributed by atoms with Crippen molar-refractivity contribution in [2.24, 2.45) is 0 Å². The van der Waals surface area contributed by atoms with E-state index < -0.39 is 0 Å². The van der Waals surface area contributed by atoms with E-state index in [9.17, 15) is 0 Å². The monoisotopic (exact) mass is 343 g/mol. The van der Waals surface area contributed by atoms with E-state index >= 15 is 0 Å². The number of para-hydroxylation sites is 1. The molecule has 1 N–H and O–H groups in total. The van der Waals surface area contributed by atoms with Gasteiger partial charge in [0.2, 0.25) is 0 Å². The summed E-state index contributed by atoms with van der Waals surface area (Å²) in [7, 11) is -0.330. The largest absolute Gasteiger partial charge is 0.494 e. The molecule has 1 aliphatic heterocycles. The van der Waals surface area contributed by atoms with Gasteiger partial charge < -0.3 is 14.3 Å². The van der Waals surface area contributed by atoms with Crippen molar-refractivity contribution in [1.29, 1.82) is 0 Å². The zero-order valence-corrected chi connectivity index (χ0v) is 15.6. The average Bonchev–Trinajstić information content (AvgIpc) is 3.05. The van der Waals surface area contributed by atoms with Gasteiger partial charge >= 0.3 is 7.12 Å². The molecule has 4 aromatic rings. The summed E-state index contributed by atoms with van der Waals surface area (Å²) in [6.45, 7) is 8.35. The highest BCUT2D eigenvalue weighted by molar-refractivity contribution is 6.62. The minimum atomic E-state index is -0.330. The Hall–Kier alpha value is -2.30. The fourth-order valence-corrected chi connectivity index (χ4v) is 3.74. The molecule has 0 spiro atoms. The lowest BCUT2D eigenvalue weighted by Crippen LogP contribution is -2.41. The predicted octanol–water partition coefficient (Wildman–Crippen LogP) is 4.77. The first kappa shape index (κ1) is 15.9. The lowest BCUT2D eigenvalue weighted by Gasteiger charge is -2.32. The molecule has 0 aliphatic carbocycles. The van der Waals surface area contributed by atoms with Crippen LogP contribution in [-0.2, 0) is 9.31 Å². The summed E-state index contributed by atoms with van der Waals surface area (Å²) in [4.78, 5) is 3.51. The van der Waals surface area contributed by atoms with Crippen LogP contribution in [0.2, 0.25) is 0 Å². The van der Waals surface area contributed by atoms with Crippen LogP contribution in [0.25, 0.3) is 32.6 Å². The second-order valence-corrected chi connectivity index (χ2v) is 8.26. The topological polar surface area (TPSA) is 34.2 Å². The summed E-state index contributed by atoms with van der Waals surface area (Å²) >= 11 is 0. The Balaban J connectivity index is 1.65. The maximum atomic E-state index is 6.21. The Labute approximate surface area is 153 Å². The quantitative estimate of drug-likeness (QED) is 0.505. The zero-order valence-electron chi connectivity index (χ0n) is 15.6. The van der Waals surface area contributed by atoms with E-state index in [1.165, 1.54) is 32.6 Å². The van der Waals surface area contributed by atoms with Gasteiger partial charge in [0.25, 0.3) is 0 Å². The number of aromatic nitrogens is 1. The molecule has 1 aromatic heterocycles. The van der Waals surface area contributed by atoms with E-state index in [0.29, 0.717) is 0 Å². The number of H-pyrrole nitrogens is 1. The van der Waals surface area contributed by atoms with E-state index in [-0.39, 0.29) is 18.3 Å². The highest BCUT2D eigenvalue weighted by atomic mass is 16.7. The first-order valence-corrected chi connectivity index (χ1v) is 9.14. The molecule has 0 bridgehead atoms. The first-order valence-electron chi connectivity index (χ1n) is 9.14. The van der Waals surface area contributed by atoms with Gasteiger partial charge in [-0.05, 0) is 62.1 Å². The van der Waals surface area contributed by atoms with Gasteiger partial charge in [0.05, 0.1) is 11.2 Å². The van der Waals surface area contributed by atoms with Crippen LogP contribution in [0.1, 0.15) is 27.7 Å². The van der Waals surface area contributed by atoms with Crippen LogP contribution in [0.5, 0.6) is 0 Å². The molecule has 0 saturated carbocycles. The number of hydrogen-bond donors (Lipinski definition) is 1. The third-order valence-corrected chi connectivity index (χ3v) is 6.01. The van der Waals surface area contributed by atoms with E-state index in [1.807, 2.05) is 0 Å². The first-order chi connectivity index (χ1) is 12.3. The number of rotatable bonds is 1. The molecule has 2 heterocycles. The molecule has 0 amide bonds. The third-order valence-electron chi connectivity index (χ3n) is 6.01. The maximum absolute atomic E-state index is 6.21. The standard InChI is InChI=1S/C22H22BNO2/c1-21(2)22(3,4)26-23(25-21)16-10-9-14-13-20-18(12-15(14)11-16)17-7-5-6-8-19(17)24-20/h5-13,24H,1-4H3. The zero-order chi connectivity index (χ0) is 18.1. The van der Waals surface area contributed by atoms with Crippen molar-refractivity contribution in [2.45, 2.75) is 38.9 Å². The molecule has 3 nitrogen and oxygen atoms in total. The minimum absolute atomic E-state index is 0.326. The van der Waals surface area contributed by atoms with Crippen LogP contribution in [-0.4, -0.2) is 23.3 Å². The Morgan fingerprint density at radius 3 is 2.23 bits per heavy atom. The van der Waals surface area contributed by atoms with Crippen LogP contribution >= 0.6 is 0 Å². The Morgan fingerprint density at radius 1 is 0.731 bits per heavy atom. The second-order valence-electron chi connectivity index (χ2n) is 8.26. The van der Waals surface area contributed by atoms with E-state index in [1.54, 1.807) is 0 Å². The minimum Gasteiger partial charge on any atom is -0.399 e. The maximum Gasteiger partial charge on any atom is 0.494 e. The molecule has 0 atom stereocenters. The Bertz CT molecular complexity index is 1140. The van der Waals surface area contributed by atoms with Gasteiger partial charge in [0.1, 0.15) is 0 Å². The second kappa shape index (κ2) is 5.12. The Kier molecular flexibility index (Phi) is 3.14. The molecule has 26 heavy (non-hydrogen) atoms. The lowest BCUT2D eigenvalue weighted by atomic mass is 9.78. The summed E-state index contributed by atoms with van der Waals surface area (Å²) in [6.07, 6.45) is 0. The molecular weight excluding hydrogens is 321 g/mol. The highest BCUT2D eigenvalue weighted by Gasteiger charge is 2.51. The van der Waals surface area contributed by atoms with Crippen molar-refractivity contribution in [1.82, 2.24) is 4.98 Å². The molecule has 130 valence electrons. The number of nitrogens with one attached hydrogen (secondary N) is 1. The number of hydrogen-bond acceptors (Lipinski definition) is 2. The van der Waals surface area contributed by atoms with Gasteiger partial charge in [-0.25, -0.2) is 0 Å². The van der Waals surface area contributed by atoms with Gasteiger partial charge in [0.15, 0.2) is 0 Å². The van der Waals surface area contributed by atoms with Crippen molar-refractivity contribution >= 4 is 45.2 Å². The normalized spacial score (nSPS) is 19.0. The lowest BCUT2D eigenvalue weighted by molar-refractivity contribution is 0.00578. The molecule has 5 rings (SSSR count). The molecule has 0 unspecified atom stereocenters. The van der Waals surface area contributed by atoms with Gasteiger partial charge in [-0.2, -0.15) is 0 Å². The van der Waals surface area contributed by atoms with Crippen LogP contribution in [0.15, 0.2) is 54.6 Å². The SMILES string of the molecule is CC1(C)OB(c2ccc3cc4[nH]c5ccccc5c4cc3c2)OC1(C)C. The summed E-state index contributed by atoms with van der Waals surface area (Å²) in [5.41, 5.74) is 2.75. The van der Waals surface area contributed by atoms with E-state index in [0.717, 1.165) is 5.46 Å².